The second kappa shape index (κ2) is 5.34. The number of thiazole rings is 1. The first-order valence-electron chi connectivity index (χ1n) is 6.61. The molecule has 3 rings (SSSR count). The average molecular weight is 288 g/mol. The summed E-state index contributed by atoms with van der Waals surface area (Å²) in [5.41, 5.74) is 1.35. The lowest BCUT2D eigenvalue weighted by atomic mass is 10.1. The van der Waals surface area contributed by atoms with Gasteiger partial charge in [-0.15, -0.1) is 11.3 Å². The van der Waals surface area contributed by atoms with Crippen LogP contribution in [0.3, 0.4) is 0 Å². The number of hydrogen-bond donors (Lipinski definition) is 1. The molecule has 1 aromatic heterocycles. The van der Waals surface area contributed by atoms with Gasteiger partial charge in [-0.25, -0.2) is 9.78 Å². The normalized spacial score (nSPS) is 19.4. The summed E-state index contributed by atoms with van der Waals surface area (Å²) in [5, 5.41) is 10.1. The SMILES string of the molecule is CN1CCC(c2ncc(-c3ccc(C(=O)O)cc3)s2)C1. The summed E-state index contributed by atoms with van der Waals surface area (Å²) < 4.78 is 0. The van der Waals surface area contributed by atoms with Crippen LogP contribution in [-0.4, -0.2) is 41.1 Å². The molecule has 2 aromatic rings. The summed E-state index contributed by atoms with van der Waals surface area (Å²) in [7, 11) is 2.14. The van der Waals surface area contributed by atoms with Gasteiger partial charge >= 0.3 is 5.97 Å². The van der Waals surface area contributed by atoms with Gasteiger partial charge in [-0.3, -0.25) is 0 Å². The Morgan fingerprint density at radius 1 is 1.40 bits per heavy atom. The standard InChI is InChI=1S/C15H16N2O2S/c1-17-7-6-12(9-17)14-16-8-13(20-14)10-2-4-11(5-3-10)15(18)19/h2-5,8,12H,6-7,9H2,1H3,(H,18,19). The van der Waals surface area contributed by atoms with E-state index in [1.807, 2.05) is 18.3 Å². The van der Waals surface area contributed by atoms with Crippen molar-refractivity contribution in [3.05, 3.63) is 41.0 Å². The van der Waals surface area contributed by atoms with E-state index in [0.29, 0.717) is 11.5 Å². The van der Waals surface area contributed by atoms with Crippen LogP contribution in [0.4, 0.5) is 0 Å². The van der Waals surface area contributed by atoms with Crippen LogP contribution in [0.1, 0.15) is 27.7 Å². The molecule has 0 saturated carbocycles. The molecular weight excluding hydrogens is 272 g/mol. The van der Waals surface area contributed by atoms with Gasteiger partial charge in [-0.2, -0.15) is 0 Å². The molecule has 0 bridgehead atoms. The molecule has 1 aliphatic rings. The van der Waals surface area contributed by atoms with Crippen LogP contribution in [0, 0.1) is 0 Å². The molecule has 20 heavy (non-hydrogen) atoms. The molecule has 104 valence electrons. The fraction of sp³-hybridized carbons (Fsp3) is 0.333. The Kier molecular flexibility index (Phi) is 3.54. The minimum absolute atomic E-state index is 0.316. The number of aromatic carboxylic acids is 1. The summed E-state index contributed by atoms with van der Waals surface area (Å²) in [4.78, 5) is 18.8. The highest BCUT2D eigenvalue weighted by atomic mass is 32.1. The molecular formula is C15H16N2O2S. The number of likely N-dealkylation sites (tertiary alicyclic amines) is 1. The molecule has 0 amide bonds. The maximum atomic E-state index is 10.8. The molecule has 0 spiro atoms. The van der Waals surface area contributed by atoms with E-state index in [4.69, 9.17) is 5.11 Å². The minimum atomic E-state index is -0.893. The number of hydrogen-bond acceptors (Lipinski definition) is 4. The molecule has 0 aliphatic carbocycles. The maximum Gasteiger partial charge on any atom is 0.335 e. The van der Waals surface area contributed by atoms with Crippen LogP contribution < -0.4 is 0 Å². The summed E-state index contributed by atoms with van der Waals surface area (Å²) >= 11 is 1.71. The quantitative estimate of drug-likeness (QED) is 0.943. The summed E-state index contributed by atoms with van der Waals surface area (Å²) in [5.74, 6) is -0.354. The molecule has 0 radical (unpaired) electrons. The lowest BCUT2D eigenvalue weighted by Crippen LogP contribution is -2.13. The van der Waals surface area contributed by atoms with E-state index in [1.54, 1.807) is 23.5 Å². The van der Waals surface area contributed by atoms with Crippen molar-refractivity contribution in [1.82, 2.24) is 9.88 Å². The van der Waals surface area contributed by atoms with E-state index >= 15 is 0 Å². The van der Waals surface area contributed by atoms with Crippen LogP contribution in [-0.2, 0) is 0 Å². The maximum absolute atomic E-state index is 10.8. The van der Waals surface area contributed by atoms with E-state index in [2.05, 4.69) is 16.9 Å². The highest BCUT2D eigenvalue weighted by Crippen LogP contribution is 2.33. The van der Waals surface area contributed by atoms with Gasteiger partial charge in [0.15, 0.2) is 0 Å². The zero-order chi connectivity index (χ0) is 14.1. The largest absolute Gasteiger partial charge is 0.478 e. The molecule has 1 atom stereocenters. The number of aromatic nitrogens is 1. The van der Waals surface area contributed by atoms with Crippen molar-refractivity contribution in [3.63, 3.8) is 0 Å². The van der Waals surface area contributed by atoms with Crippen molar-refractivity contribution in [3.8, 4) is 10.4 Å². The molecule has 1 aromatic carbocycles. The van der Waals surface area contributed by atoms with E-state index in [9.17, 15) is 4.79 Å². The van der Waals surface area contributed by atoms with Crippen LogP contribution in [0.15, 0.2) is 30.5 Å². The highest BCUT2D eigenvalue weighted by Gasteiger charge is 2.23. The first kappa shape index (κ1) is 13.3. The molecule has 1 saturated heterocycles. The number of likely N-dealkylation sites (N-methyl/N-ethyl adjacent to an activating group) is 1. The number of nitrogens with zero attached hydrogens (tertiary/aromatic N) is 2. The average Bonchev–Trinajstić information content (AvgIpc) is 3.07. The smallest absolute Gasteiger partial charge is 0.335 e. The van der Waals surface area contributed by atoms with E-state index in [-0.39, 0.29) is 0 Å². The van der Waals surface area contributed by atoms with Crippen molar-refractivity contribution in [1.29, 1.82) is 0 Å². The number of carboxylic acid groups (broad SMARTS) is 1. The summed E-state index contributed by atoms with van der Waals surface area (Å²) in [6.45, 7) is 2.21. The van der Waals surface area contributed by atoms with Gasteiger partial charge in [0, 0.05) is 18.7 Å². The Labute approximate surface area is 121 Å². The van der Waals surface area contributed by atoms with Gasteiger partial charge in [0.25, 0.3) is 0 Å². The number of benzene rings is 1. The molecule has 1 aliphatic heterocycles. The van der Waals surface area contributed by atoms with Crippen LogP contribution in [0.2, 0.25) is 0 Å². The second-order valence-electron chi connectivity index (χ2n) is 5.19. The van der Waals surface area contributed by atoms with Gasteiger partial charge in [-0.05, 0) is 37.7 Å². The van der Waals surface area contributed by atoms with Crippen LogP contribution in [0.25, 0.3) is 10.4 Å². The predicted octanol–water partition coefficient (Wildman–Crippen LogP) is 2.93. The van der Waals surface area contributed by atoms with Crippen molar-refractivity contribution >= 4 is 17.3 Å². The Balaban J connectivity index is 1.81. The predicted molar refractivity (Wildman–Crippen MR) is 79.4 cm³/mol. The van der Waals surface area contributed by atoms with E-state index in [1.165, 1.54) is 11.4 Å². The van der Waals surface area contributed by atoms with Crippen LogP contribution >= 0.6 is 11.3 Å². The third kappa shape index (κ3) is 2.59. The van der Waals surface area contributed by atoms with Gasteiger partial charge in [0.2, 0.25) is 0 Å². The Morgan fingerprint density at radius 2 is 2.15 bits per heavy atom. The zero-order valence-corrected chi connectivity index (χ0v) is 12.1. The van der Waals surface area contributed by atoms with Crippen LogP contribution in [0.5, 0.6) is 0 Å². The third-order valence-corrected chi connectivity index (χ3v) is 4.89. The monoisotopic (exact) mass is 288 g/mol. The lowest BCUT2D eigenvalue weighted by Gasteiger charge is -2.06. The second-order valence-corrected chi connectivity index (χ2v) is 6.26. The first-order valence-corrected chi connectivity index (χ1v) is 7.43. The number of rotatable bonds is 3. The molecule has 1 unspecified atom stereocenters. The Bertz CT molecular complexity index is 621. The van der Waals surface area contributed by atoms with Crippen molar-refractivity contribution < 1.29 is 9.90 Å². The number of carboxylic acids is 1. The highest BCUT2D eigenvalue weighted by molar-refractivity contribution is 7.15. The van der Waals surface area contributed by atoms with Gasteiger partial charge in [-0.1, -0.05) is 12.1 Å². The van der Waals surface area contributed by atoms with Gasteiger partial charge in [0.05, 0.1) is 15.4 Å². The first-order chi connectivity index (χ1) is 9.63. The molecule has 5 heteroatoms. The summed E-state index contributed by atoms with van der Waals surface area (Å²) in [6.07, 6.45) is 3.06. The van der Waals surface area contributed by atoms with E-state index < -0.39 is 5.97 Å². The number of carbonyl (C=O) groups is 1. The fourth-order valence-corrected chi connectivity index (χ4v) is 3.57. The molecule has 4 nitrogen and oxygen atoms in total. The van der Waals surface area contributed by atoms with Crippen molar-refractivity contribution in [2.24, 2.45) is 0 Å². The zero-order valence-electron chi connectivity index (χ0n) is 11.2. The fourth-order valence-electron chi connectivity index (χ4n) is 2.52. The van der Waals surface area contributed by atoms with Crippen molar-refractivity contribution in [2.45, 2.75) is 12.3 Å². The molecule has 1 fully saturated rings. The molecule has 1 N–H and O–H groups in total. The Hall–Kier alpha value is -1.72. The minimum Gasteiger partial charge on any atom is -0.478 e. The summed E-state index contributed by atoms with van der Waals surface area (Å²) in [6, 6.07) is 6.98. The molecule has 2 heterocycles. The van der Waals surface area contributed by atoms with Gasteiger partial charge in [0.1, 0.15) is 0 Å². The van der Waals surface area contributed by atoms with E-state index in [0.717, 1.165) is 23.5 Å². The van der Waals surface area contributed by atoms with Gasteiger partial charge < -0.3 is 10.0 Å². The lowest BCUT2D eigenvalue weighted by molar-refractivity contribution is 0.0697. The third-order valence-electron chi connectivity index (χ3n) is 3.68. The van der Waals surface area contributed by atoms with Crippen molar-refractivity contribution in [2.75, 3.05) is 20.1 Å². The topological polar surface area (TPSA) is 53.4 Å². The Morgan fingerprint density at radius 3 is 2.75 bits per heavy atom.